The maximum atomic E-state index is 12.4. The molecule has 1 aromatic carbocycles. The summed E-state index contributed by atoms with van der Waals surface area (Å²) in [6.07, 6.45) is 2.01. The Morgan fingerprint density at radius 1 is 1.25 bits per heavy atom. The fraction of sp³-hybridized carbons (Fsp3) is 0.588. The number of likely N-dealkylation sites (tertiary alicyclic amines) is 1. The van der Waals surface area contributed by atoms with E-state index >= 15 is 0 Å². The van der Waals surface area contributed by atoms with Gasteiger partial charge >= 0.3 is 0 Å². The van der Waals surface area contributed by atoms with Crippen LogP contribution in [-0.2, 0) is 11.2 Å². The van der Waals surface area contributed by atoms with E-state index in [9.17, 15) is 4.79 Å². The Morgan fingerprint density at radius 2 is 1.90 bits per heavy atom. The summed E-state index contributed by atoms with van der Waals surface area (Å²) in [5, 5.41) is 0. The van der Waals surface area contributed by atoms with Crippen molar-refractivity contribution in [2.45, 2.75) is 39.7 Å². The lowest BCUT2D eigenvalue weighted by atomic mass is 9.86. The van der Waals surface area contributed by atoms with E-state index in [1.807, 2.05) is 31.7 Å². The Labute approximate surface area is 122 Å². The van der Waals surface area contributed by atoms with Gasteiger partial charge in [-0.05, 0) is 24.3 Å². The summed E-state index contributed by atoms with van der Waals surface area (Å²) < 4.78 is 0. The highest BCUT2D eigenvalue weighted by atomic mass is 16.2. The number of hydrogen-bond acceptors (Lipinski definition) is 2. The first-order valence-electron chi connectivity index (χ1n) is 7.45. The van der Waals surface area contributed by atoms with Crippen molar-refractivity contribution in [2.24, 2.45) is 17.1 Å². The van der Waals surface area contributed by atoms with Crippen molar-refractivity contribution in [3.63, 3.8) is 0 Å². The number of hydrogen-bond donors (Lipinski definition) is 1. The molecule has 1 aromatic rings. The molecule has 1 aliphatic heterocycles. The van der Waals surface area contributed by atoms with Crippen molar-refractivity contribution in [1.29, 1.82) is 0 Å². The van der Waals surface area contributed by atoms with Crippen molar-refractivity contribution < 1.29 is 4.79 Å². The van der Waals surface area contributed by atoms with Gasteiger partial charge in [-0.3, -0.25) is 4.79 Å². The monoisotopic (exact) mass is 274 g/mol. The highest BCUT2D eigenvalue weighted by Crippen LogP contribution is 2.25. The number of carbonyl (C=O) groups excluding carboxylic acids is 1. The first-order valence-corrected chi connectivity index (χ1v) is 7.45. The van der Waals surface area contributed by atoms with E-state index in [-0.39, 0.29) is 17.4 Å². The van der Waals surface area contributed by atoms with Gasteiger partial charge in [0.05, 0.1) is 0 Å². The fourth-order valence-electron chi connectivity index (χ4n) is 2.98. The molecule has 20 heavy (non-hydrogen) atoms. The largest absolute Gasteiger partial charge is 0.340 e. The van der Waals surface area contributed by atoms with Crippen LogP contribution in [0, 0.1) is 11.3 Å². The van der Waals surface area contributed by atoms with Crippen LogP contribution in [0.4, 0.5) is 0 Å². The topological polar surface area (TPSA) is 46.3 Å². The third-order valence-electron chi connectivity index (χ3n) is 3.87. The number of rotatable bonds is 2. The predicted octanol–water partition coefficient (Wildman–Crippen LogP) is 2.45. The number of benzene rings is 1. The van der Waals surface area contributed by atoms with Crippen molar-refractivity contribution in [2.75, 3.05) is 13.1 Å². The van der Waals surface area contributed by atoms with Gasteiger partial charge < -0.3 is 10.6 Å². The fourth-order valence-corrected chi connectivity index (χ4v) is 2.98. The predicted molar refractivity (Wildman–Crippen MR) is 82.3 cm³/mol. The standard InChI is InChI=1S/C17H26N2O/c1-17(2,3)16(20)19-11-14(10-15(18)12-19)9-13-7-5-4-6-8-13/h4-8,14-15H,9-12,18H2,1-3H3. The van der Waals surface area contributed by atoms with Crippen LogP contribution < -0.4 is 5.73 Å². The Kier molecular flexibility index (Phi) is 4.48. The molecule has 1 amide bonds. The molecule has 3 nitrogen and oxygen atoms in total. The molecule has 0 saturated carbocycles. The third-order valence-corrected chi connectivity index (χ3v) is 3.87. The summed E-state index contributed by atoms with van der Waals surface area (Å²) in [5.41, 5.74) is 7.16. The molecule has 0 spiro atoms. The minimum Gasteiger partial charge on any atom is -0.340 e. The van der Waals surface area contributed by atoms with Crippen LogP contribution in [0.5, 0.6) is 0 Å². The quantitative estimate of drug-likeness (QED) is 0.900. The Hall–Kier alpha value is -1.35. The number of nitrogens with zero attached hydrogens (tertiary/aromatic N) is 1. The average Bonchev–Trinajstić information content (AvgIpc) is 2.37. The number of nitrogens with two attached hydrogens (primary N) is 1. The van der Waals surface area contributed by atoms with Gasteiger partial charge in [0.25, 0.3) is 0 Å². The summed E-state index contributed by atoms with van der Waals surface area (Å²) in [5.74, 6) is 0.679. The van der Waals surface area contributed by atoms with Crippen LogP contribution in [-0.4, -0.2) is 29.9 Å². The molecule has 0 aromatic heterocycles. The van der Waals surface area contributed by atoms with Crippen LogP contribution >= 0.6 is 0 Å². The third kappa shape index (κ3) is 3.83. The Bertz CT molecular complexity index is 450. The van der Waals surface area contributed by atoms with E-state index in [2.05, 4.69) is 24.3 Å². The van der Waals surface area contributed by atoms with Gasteiger partial charge in [0, 0.05) is 24.5 Å². The molecule has 0 aliphatic carbocycles. The molecule has 1 heterocycles. The lowest BCUT2D eigenvalue weighted by Crippen LogP contribution is -2.52. The maximum absolute atomic E-state index is 12.4. The summed E-state index contributed by atoms with van der Waals surface area (Å²) in [6, 6.07) is 10.6. The zero-order chi connectivity index (χ0) is 14.8. The van der Waals surface area contributed by atoms with E-state index in [1.54, 1.807) is 0 Å². The highest BCUT2D eigenvalue weighted by Gasteiger charge is 2.33. The molecule has 1 saturated heterocycles. The van der Waals surface area contributed by atoms with Crippen LogP contribution in [0.25, 0.3) is 0 Å². The molecule has 0 radical (unpaired) electrons. The van der Waals surface area contributed by atoms with E-state index in [1.165, 1.54) is 5.56 Å². The van der Waals surface area contributed by atoms with E-state index in [0.29, 0.717) is 12.5 Å². The average molecular weight is 274 g/mol. The molecule has 2 rings (SSSR count). The van der Waals surface area contributed by atoms with E-state index in [0.717, 1.165) is 19.4 Å². The molecule has 0 bridgehead atoms. The normalized spacial score (nSPS) is 23.7. The zero-order valence-corrected chi connectivity index (χ0v) is 12.8. The van der Waals surface area contributed by atoms with Gasteiger partial charge in [0.15, 0.2) is 0 Å². The Balaban J connectivity index is 2.03. The summed E-state index contributed by atoms with van der Waals surface area (Å²) in [4.78, 5) is 14.4. The smallest absolute Gasteiger partial charge is 0.228 e. The lowest BCUT2D eigenvalue weighted by Gasteiger charge is -2.39. The molecule has 110 valence electrons. The molecule has 2 atom stereocenters. The number of piperidine rings is 1. The highest BCUT2D eigenvalue weighted by molar-refractivity contribution is 5.81. The molecular formula is C17H26N2O. The van der Waals surface area contributed by atoms with E-state index < -0.39 is 0 Å². The molecular weight excluding hydrogens is 248 g/mol. The van der Waals surface area contributed by atoms with Gasteiger partial charge in [-0.1, -0.05) is 51.1 Å². The second kappa shape index (κ2) is 5.96. The molecule has 1 aliphatic rings. The van der Waals surface area contributed by atoms with E-state index in [4.69, 9.17) is 5.73 Å². The Morgan fingerprint density at radius 3 is 2.50 bits per heavy atom. The molecule has 3 heteroatoms. The molecule has 1 fully saturated rings. The summed E-state index contributed by atoms with van der Waals surface area (Å²) in [6.45, 7) is 7.45. The lowest BCUT2D eigenvalue weighted by molar-refractivity contribution is -0.141. The van der Waals surface area contributed by atoms with Gasteiger partial charge in [-0.2, -0.15) is 0 Å². The minimum absolute atomic E-state index is 0.101. The maximum Gasteiger partial charge on any atom is 0.228 e. The molecule has 2 N–H and O–H groups in total. The van der Waals surface area contributed by atoms with Crippen molar-refractivity contribution >= 4 is 5.91 Å². The van der Waals surface area contributed by atoms with Crippen LogP contribution in [0.15, 0.2) is 30.3 Å². The van der Waals surface area contributed by atoms with Gasteiger partial charge in [0.2, 0.25) is 5.91 Å². The van der Waals surface area contributed by atoms with Gasteiger partial charge in [-0.15, -0.1) is 0 Å². The van der Waals surface area contributed by atoms with Gasteiger partial charge in [0.1, 0.15) is 0 Å². The van der Waals surface area contributed by atoms with Crippen LogP contribution in [0.3, 0.4) is 0 Å². The first-order chi connectivity index (χ1) is 9.36. The second-order valence-corrected chi connectivity index (χ2v) is 7.01. The number of carbonyl (C=O) groups is 1. The minimum atomic E-state index is -0.325. The summed E-state index contributed by atoms with van der Waals surface area (Å²) >= 11 is 0. The van der Waals surface area contributed by atoms with Crippen molar-refractivity contribution in [3.8, 4) is 0 Å². The van der Waals surface area contributed by atoms with Crippen LogP contribution in [0.2, 0.25) is 0 Å². The summed E-state index contributed by atoms with van der Waals surface area (Å²) in [7, 11) is 0. The van der Waals surface area contributed by atoms with Crippen LogP contribution in [0.1, 0.15) is 32.8 Å². The second-order valence-electron chi connectivity index (χ2n) is 7.01. The first kappa shape index (κ1) is 15.0. The van der Waals surface area contributed by atoms with Crippen molar-refractivity contribution in [1.82, 2.24) is 4.90 Å². The zero-order valence-electron chi connectivity index (χ0n) is 12.8. The van der Waals surface area contributed by atoms with Crippen molar-refractivity contribution in [3.05, 3.63) is 35.9 Å². The molecule has 2 unspecified atom stereocenters. The van der Waals surface area contributed by atoms with Gasteiger partial charge in [-0.25, -0.2) is 0 Å². The SMILES string of the molecule is CC(C)(C)C(=O)N1CC(N)CC(Cc2ccccc2)C1. The number of amides is 1.